The van der Waals surface area contributed by atoms with Crippen molar-refractivity contribution in [3.63, 3.8) is 0 Å². The smallest absolute Gasteiger partial charge is 0.262 e. The van der Waals surface area contributed by atoms with Gasteiger partial charge in [0.2, 0.25) is 11.8 Å². The van der Waals surface area contributed by atoms with Crippen molar-refractivity contribution in [3.8, 4) is 39.4 Å². The molecule has 268 valence electrons. The van der Waals surface area contributed by atoms with Gasteiger partial charge in [-0.3, -0.25) is 18.8 Å². The van der Waals surface area contributed by atoms with Gasteiger partial charge in [-0.2, -0.15) is 0 Å². The number of benzene rings is 2. The maximum absolute atomic E-state index is 13.3. The van der Waals surface area contributed by atoms with E-state index in [9.17, 15) is 14.4 Å². The van der Waals surface area contributed by atoms with E-state index in [1.54, 1.807) is 19.5 Å². The average Bonchev–Trinajstić information content (AvgIpc) is 3.58. The van der Waals surface area contributed by atoms with Crippen molar-refractivity contribution >= 4 is 40.5 Å². The highest BCUT2D eigenvalue weighted by molar-refractivity contribution is 6.39. The van der Waals surface area contributed by atoms with E-state index in [4.69, 9.17) is 32.9 Å². The first-order valence-electron chi connectivity index (χ1n) is 17.4. The van der Waals surface area contributed by atoms with Crippen LogP contribution in [0.2, 0.25) is 10.0 Å². The van der Waals surface area contributed by atoms with Gasteiger partial charge in [-0.15, -0.1) is 0 Å². The first-order valence-corrected chi connectivity index (χ1v) is 18.2. The van der Waals surface area contributed by atoms with Crippen molar-refractivity contribution < 1.29 is 14.3 Å². The Labute approximate surface area is 311 Å². The van der Waals surface area contributed by atoms with Crippen molar-refractivity contribution in [3.05, 3.63) is 105 Å². The first-order chi connectivity index (χ1) is 25.3. The molecule has 0 spiro atoms. The van der Waals surface area contributed by atoms with Crippen LogP contribution in [0, 0.1) is 0 Å². The summed E-state index contributed by atoms with van der Waals surface area (Å²) >= 11 is 14.2. The summed E-state index contributed by atoms with van der Waals surface area (Å²) in [7, 11) is 1.59. The van der Waals surface area contributed by atoms with Crippen LogP contribution < -0.4 is 31.6 Å². The van der Waals surface area contributed by atoms with E-state index in [0.717, 1.165) is 52.8 Å². The quantitative estimate of drug-likeness (QED) is 0.136. The molecule has 0 saturated carbocycles. The number of methoxy groups -OCH3 is 1. The lowest BCUT2D eigenvalue weighted by molar-refractivity contribution is -0.122. The molecule has 2 atom stereocenters. The highest BCUT2D eigenvalue weighted by Crippen LogP contribution is 2.42. The molecule has 7 rings (SSSR count). The third kappa shape index (κ3) is 7.60. The number of ether oxygens (including phenoxy) is 1. The second kappa shape index (κ2) is 15.9. The molecule has 13 heteroatoms. The van der Waals surface area contributed by atoms with Crippen LogP contribution in [-0.2, 0) is 22.7 Å². The molecule has 4 N–H and O–H groups in total. The van der Waals surface area contributed by atoms with E-state index in [0.29, 0.717) is 71.9 Å². The summed E-state index contributed by atoms with van der Waals surface area (Å²) in [6.45, 7) is 2.79. The number of pyridine rings is 2. The van der Waals surface area contributed by atoms with Crippen LogP contribution in [0.15, 0.2) is 77.9 Å². The fraction of sp³-hybridized carbons (Fsp3) is 0.308. The minimum atomic E-state index is -0.232. The fourth-order valence-electron chi connectivity index (χ4n) is 6.81. The molecular formula is C39H39Cl2N7O4. The van der Waals surface area contributed by atoms with E-state index >= 15 is 0 Å². The zero-order valence-electron chi connectivity index (χ0n) is 28.7. The molecular weight excluding hydrogens is 701 g/mol. The standard InChI is InChI=1S/C39H39Cl2N7O4/c1-52-38-24(18-42-21-26-11-13-35(50)46-26)10-12-31(47-38)30-8-3-7-29(37(30)41)28-6-2-5-27(36(28)40)23-14-16-48-34(17-23)45-20-25(39(48)51)19-43-22-32-33(49)9-4-15-44-32/h2-3,5-8,10,12,14,16-17,20,26,32,42-44H,4,9,11,13,15,18-19,21-22H2,1H3,(H,46,50). The van der Waals surface area contributed by atoms with Crippen LogP contribution in [0.4, 0.5) is 0 Å². The number of hydrogen-bond donors (Lipinski definition) is 4. The van der Waals surface area contributed by atoms with Crippen LogP contribution in [0.1, 0.15) is 36.8 Å². The lowest BCUT2D eigenvalue weighted by Gasteiger charge is -2.22. The zero-order chi connectivity index (χ0) is 36.2. The van der Waals surface area contributed by atoms with Crippen LogP contribution in [-0.4, -0.2) is 64.9 Å². The summed E-state index contributed by atoms with van der Waals surface area (Å²) in [5, 5.41) is 13.8. The van der Waals surface area contributed by atoms with Crippen LogP contribution >= 0.6 is 23.2 Å². The Balaban J connectivity index is 1.10. The van der Waals surface area contributed by atoms with E-state index in [-0.39, 0.29) is 29.3 Å². The minimum absolute atomic E-state index is 0.0916. The van der Waals surface area contributed by atoms with Gasteiger partial charge < -0.3 is 26.0 Å². The monoisotopic (exact) mass is 739 g/mol. The number of aromatic nitrogens is 3. The van der Waals surface area contributed by atoms with Gasteiger partial charge >= 0.3 is 0 Å². The lowest BCUT2D eigenvalue weighted by Crippen LogP contribution is -2.48. The molecule has 0 bridgehead atoms. The van der Waals surface area contributed by atoms with Gasteiger partial charge in [-0.25, -0.2) is 9.97 Å². The normalized spacial score (nSPS) is 17.4. The third-order valence-electron chi connectivity index (χ3n) is 9.62. The molecule has 3 aromatic heterocycles. The molecule has 0 aliphatic carbocycles. The highest BCUT2D eigenvalue weighted by Gasteiger charge is 2.22. The second-order valence-electron chi connectivity index (χ2n) is 13.1. The molecule has 5 heterocycles. The zero-order valence-corrected chi connectivity index (χ0v) is 30.2. The number of piperidine rings is 1. The molecule has 0 radical (unpaired) electrons. The van der Waals surface area contributed by atoms with Crippen molar-refractivity contribution in [2.45, 2.75) is 50.9 Å². The maximum atomic E-state index is 13.3. The van der Waals surface area contributed by atoms with Gasteiger partial charge in [-0.1, -0.05) is 65.7 Å². The largest absolute Gasteiger partial charge is 0.481 e. The third-order valence-corrected chi connectivity index (χ3v) is 10.4. The van der Waals surface area contributed by atoms with Crippen molar-refractivity contribution in [2.24, 2.45) is 0 Å². The number of Topliss-reactive ketones (excluding diaryl/α,β-unsaturated/α-hetero) is 1. The summed E-state index contributed by atoms with van der Waals surface area (Å²) < 4.78 is 7.16. The molecule has 2 aromatic carbocycles. The van der Waals surface area contributed by atoms with E-state index < -0.39 is 0 Å². The number of carbonyl (C=O) groups excluding carboxylic acids is 2. The number of rotatable bonds is 12. The Kier molecular flexibility index (Phi) is 11.0. The Bertz CT molecular complexity index is 2210. The van der Waals surface area contributed by atoms with Crippen molar-refractivity contribution in [2.75, 3.05) is 26.7 Å². The number of ketones is 1. The SMILES string of the molecule is COc1nc(-c2cccc(-c3cccc(-c4ccn5c(=O)c(CNCC6NCCCC6=O)cnc5c4)c3Cl)c2Cl)ccc1CNCC1CCC(=O)N1. The first kappa shape index (κ1) is 35.7. The van der Waals surface area contributed by atoms with Crippen molar-refractivity contribution in [1.29, 1.82) is 0 Å². The lowest BCUT2D eigenvalue weighted by atomic mass is 9.97. The van der Waals surface area contributed by atoms with Gasteiger partial charge in [0.1, 0.15) is 5.65 Å². The maximum Gasteiger partial charge on any atom is 0.262 e. The summed E-state index contributed by atoms with van der Waals surface area (Å²) in [5.41, 5.74) is 6.15. The minimum Gasteiger partial charge on any atom is -0.481 e. The number of amides is 1. The van der Waals surface area contributed by atoms with E-state index in [2.05, 4.69) is 26.3 Å². The van der Waals surface area contributed by atoms with Gasteiger partial charge in [0, 0.05) is 90.8 Å². The number of halogens is 2. The van der Waals surface area contributed by atoms with Gasteiger partial charge in [-0.05, 0) is 43.1 Å². The van der Waals surface area contributed by atoms with E-state index in [1.165, 1.54) is 4.40 Å². The predicted octanol–water partition coefficient (Wildman–Crippen LogP) is 5.18. The molecule has 2 fully saturated rings. The van der Waals surface area contributed by atoms with Gasteiger partial charge in [0.25, 0.3) is 5.56 Å². The van der Waals surface area contributed by atoms with Crippen LogP contribution in [0.5, 0.6) is 5.88 Å². The summed E-state index contributed by atoms with van der Waals surface area (Å²) in [4.78, 5) is 46.3. The summed E-state index contributed by atoms with van der Waals surface area (Å²) in [6.07, 6.45) is 6.12. The number of hydrogen-bond acceptors (Lipinski definition) is 9. The molecule has 5 aromatic rings. The van der Waals surface area contributed by atoms with Gasteiger partial charge in [0.15, 0.2) is 5.78 Å². The Morgan fingerprint density at radius 1 is 0.885 bits per heavy atom. The Morgan fingerprint density at radius 3 is 2.37 bits per heavy atom. The fourth-order valence-corrected chi connectivity index (χ4v) is 7.47. The topological polar surface area (TPSA) is 139 Å². The molecule has 2 saturated heterocycles. The number of nitrogens with zero attached hydrogens (tertiary/aromatic N) is 3. The average molecular weight is 741 g/mol. The summed E-state index contributed by atoms with van der Waals surface area (Å²) in [5.74, 6) is 0.773. The molecule has 2 aliphatic heterocycles. The highest BCUT2D eigenvalue weighted by atomic mass is 35.5. The predicted molar refractivity (Wildman–Crippen MR) is 203 cm³/mol. The van der Waals surface area contributed by atoms with E-state index in [1.807, 2.05) is 60.7 Å². The van der Waals surface area contributed by atoms with Crippen molar-refractivity contribution in [1.82, 2.24) is 35.6 Å². The van der Waals surface area contributed by atoms with Crippen LogP contribution in [0.3, 0.4) is 0 Å². The second-order valence-corrected chi connectivity index (χ2v) is 13.8. The molecule has 2 unspecified atom stereocenters. The van der Waals surface area contributed by atoms with Gasteiger partial charge in [0.05, 0.1) is 28.9 Å². The van der Waals surface area contributed by atoms with Crippen LogP contribution in [0.25, 0.3) is 39.2 Å². The molecule has 11 nitrogen and oxygen atoms in total. The molecule has 1 amide bonds. The molecule has 2 aliphatic rings. The number of carbonyl (C=O) groups is 2. The Morgan fingerprint density at radius 2 is 1.62 bits per heavy atom. The summed E-state index contributed by atoms with van der Waals surface area (Å²) in [6, 6.07) is 19.0. The Hall–Kier alpha value is -4.65. The number of nitrogens with one attached hydrogen (secondary N) is 4. The molecule has 52 heavy (non-hydrogen) atoms. The number of fused-ring (bicyclic) bond motifs is 1.